The first kappa shape index (κ1) is 19.0. The Bertz CT molecular complexity index is 402. The van der Waals surface area contributed by atoms with E-state index in [2.05, 4.69) is 22.9 Å². The molecule has 1 aliphatic carbocycles. The van der Waals surface area contributed by atoms with Gasteiger partial charge >= 0.3 is 6.09 Å². The number of likely N-dealkylation sites (tertiary alicyclic amines) is 1. The average Bonchev–Trinajstić information content (AvgIpc) is 2.48. The Morgan fingerprint density at radius 3 is 2.48 bits per heavy atom. The highest BCUT2D eigenvalue weighted by Gasteiger charge is 2.40. The van der Waals surface area contributed by atoms with Crippen molar-refractivity contribution in [3.8, 4) is 0 Å². The van der Waals surface area contributed by atoms with Gasteiger partial charge in [-0.3, -0.25) is 0 Å². The van der Waals surface area contributed by atoms with Crippen LogP contribution in [0.25, 0.3) is 0 Å². The lowest BCUT2D eigenvalue weighted by molar-refractivity contribution is -0.124. The van der Waals surface area contributed by atoms with Crippen LogP contribution in [0.15, 0.2) is 0 Å². The van der Waals surface area contributed by atoms with Crippen LogP contribution >= 0.6 is 15.9 Å². The van der Waals surface area contributed by atoms with E-state index >= 15 is 0 Å². The molecule has 1 atom stereocenters. The molecule has 1 amide bonds. The summed E-state index contributed by atoms with van der Waals surface area (Å²) in [5, 5.41) is 0.769. The highest BCUT2D eigenvalue weighted by Crippen LogP contribution is 2.34. The minimum absolute atomic E-state index is 0.219. The van der Waals surface area contributed by atoms with Gasteiger partial charge in [0.25, 0.3) is 0 Å². The first-order valence-electron chi connectivity index (χ1n) is 8.95. The maximum atomic E-state index is 12.4. The zero-order valence-electron chi connectivity index (χ0n) is 15.1. The summed E-state index contributed by atoms with van der Waals surface area (Å²) in [6.07, 6.45) is 6.87. The maximum Gasteiger partial charge on any atom is 0.410 e. The number of alkyl halides is 1. The molecular weight excluding hydrogens is 358 g/mol. The summed E-state index contributed by atoms with van der Waals surface area (Å²) in [5.74, 6) is 0.819. The van der Waals surface area contributed by atoms with Gasteiger partial charge in [-0.1, -0.05) is 22.9 Å². The van der Waals surface area contributed by atoms with Crippen LogP contribution < -0.4 is 0 Å². The largest absolute Gasteiger partial charge is 0.444 e. The van der Waals surface area contributed by atoms with Gasteiger partial charge in [0.1, 0.15) is 5.60 Å². The molecule has 0 N–H and O–H groups in total. The molecule has 1 aliphatic heterocycles. The fraction of sp³-hybridized carbons (Fsp3) is 0.944. The van der Waals surface area contributed by atoms with E-state index in [1.165, 1.54) is 12.8 Å². The quantitative estimate of drug-likeness (QED) is 0.653. The van der Waals surface area contributed by atoms with E-state index in [0.717, 1.165) is 43.5 Å². The fourth-order valence-corrected chi connectivity index (χ4v) is 4.11. The highest BCUT2D eigenvalue weighted by atomic mass is 79.9. The molecule has 0 spiro atoms. The third kappa shape index (κ3) is 5.63. The summed E-state index contributed by atoms with van der Waals surface area (Å²) >= 11 is 3.64. The summed E-state index contributed by atoms with van der Waals surface area (Å²) < 4.78 is 12.1. The standard InChI is InChI=1S/C18H32BrNO3/c1-14-6-8-15(9-7-14)22-18(12-19)10-5-11-20(13-18)16(21)23-17(2,3)4/h14-15H,5-13H2,1-4H3. The first-order chi connectivity index (χ1) is 10.7. The van der Waals surface area contributed by atoms with Crippen LogP contribution in [0.2, 0.25) is 0 Å². The van der Waals surface area contributed by atoms with Crippen LogP contribution in [0.3, 0.4) is 0 Å². The van der Waals surface area contributed by atoms with Gasteiger partial charge < -0.3 is 14.4 Å². The summed E-state index contributed by atoms with van der Waals surface area (Å²) in [7, 11) is 0. The lowest BCUT2D eigenvalue weighted by Gasteiger charge is -2.44. The lowest BCUT2D eigenvalue weighted by Crippen LogP contribution is -2.55. The molecule has 2 aliphatic rings. The van der Waals surface area contributed by atoms with Crippen molar-refractivity contribution in [2.24, 2.45) is 5.92 Å². The molecule has 1 unspecified atom stereocenters. The molecule has 4 nitrogen and oxygen atoms in total. The van der Waals surface area contributed by atoms with Gasteiger partial charge in [0.05, 0.1) is 18.2 Å². The lowest BCUT2D eigenvalue weighted by atomic mass is 9.87. The van der Waals surface area contributed by atoms with Crippen molar-refractivity contribution in [2.45, 2.75) is 83.5 Å². The van der Waals surface area contributed by atoms with Gasteiger partial charge in [-0.2, -0.15) is 0 Å². The Balaban J connectivity index is 1.96. The van der Waals surface area contributed by atoms with Crippen LogP contribution in [-0.4, -0.2) is 46.7 Å². The van der Waals surface area contributed by atoms with Crippen LogP contribution in [0.1, 0.15) is 66.2 Å². The molecular formula is C18H32BrNO3. The summed E-state index contributed by atoms with van der Waals surface area (Å²) in [6, 6.07) is 0. The number of hydrogen-bond acceptors (Lipinski definition) is 3. The maximum absolute atomic E-state index is 12.4. The predicted octanol–water partition coefficient (Wildman–Crippen LogP) is 4.75. The van der Waals surface area contributed by atoms with E-state index in [1.807, 2.05) is 25.7 Å². The summed E-state index contributed by atoms with van der Waals surface area (Å²) in [6.45, 7) is 9.43. The Morgan fingerprint density at radius 2 is 1.91 bits per heavy atom. The number of hydrogen-bond donors (Lipinski definition) is 0. The van der Waals surface area contributed by atoms with E-state index in [9.17, 15) is 4.79 Å². The Hall–Kier alpha value is -0.290. The van der Waals surface area contributed by atoms with Gasteiger partial charge in [0, 0.05) is 11.9 Å². The number of carbonyl (C=O) groups is 1. The van der Waals surface area contributed by atoms with Gasteiger partial charge in [0.15, 0.2) is 0 Å². The molecule has 0 aromatic rings. The third-order valence-electron chi connectivity index (χ3n) is 4.81. The van der Waals surface area contributed by atoms with E-state index < -0.39 is 5.60 Å². The first-order valence-corrected chi connectivity index (χ1v) is 10.1. The summed E-state index contributed by atoms with van der Waals surface area (Å²) in [5.41, 5.74) is -0.716. The molecule has 1 heterocycles. The van der Waals surface area contributed by atoms with Crippen LogP contribution in [0, 0.1) is 5.92 Å². The van der Waals surface area contributed by atoms with Crippen molar-refractivity contribution in [1.29, 1.82) is 0 Å². The predicted molar refractivity (Wildman–Crippen MR) is 96.1 cm³/mol. The third-order valence-corrected chi connectivity index (χ3v) is 5.84. The topological polar surface area (TPSA) is 38.8 Å². The van der Waals surface area contributed by atoms with Gasteiger partial charge in [-0.25, -0.2) is 4.79 Å². The minimum Gasteiger partial charge on any atom is -0.444 e. The van der Waals surface area contributed by atoms with Crippen molar-refractivity contribution in [3.63, 3.8) is 0 Å². The molecule has 0 radical (unpaired) electrons. The zero-order chi connectivity index (χ0) is 17.1. The van der Waals surface area contributed by atoms with Crippen LogP contribution in [0.5, 0.6) is 0 Å². The number of halogens is 1. The molecule has 1 saturated carbocycles. The monoisotopic (exact) mass is 389 g/mol. The number of carbonyl (C=O) groups excluding carboxylic acids is 1. The number of amides is 1. The number of rotatable bonds is 3. The molecule has 2 fully saturated rings. The van der Waals surface area contributed by atoms with Crippen molar-refractivity contribution < 1.29 is 14.3 Å². The van der Waals surface area contributed by atoms with Crippen LogP contribution in [0.4, 0.5) is 4.79 Å². The van der Waals surface area contributed by atoms with E-state index in [1.54, 1.807) is 0 Å². The van der Waals surface area contributed by atoms with Crippen LogP contribution in [-0.2, 0) is 9.47 Å². The van der Waals surface area contributed by atoms with Gasteiger partial charge in [-0.05, 0) is 65.2 Å². The molecule has 0 aromatic heterocycles. The second-order valence-electron chi connectivity index (χ2n) is 8.32. The summed E-state index contributed by atoms with van der Waals surface area (Å²) in [4.78, 5) is 14.2. The molecule has 134 valence electrons. The van der Waals surface area contributed by atoms with E-state index in [0.29, 0.717) is 12.6 Å². The minimum atomic E-state index is -0.452. The SMILES string of the molecule is CC1CCC(OC2(CBr)CCCN(C(=O)OC(C)(C)C)C2)CC1. The van der Waals surface area contributed by atoms with Crippen molar-refractivity contribution in [3.05, 3.63) is 0 Å². The molecule has 0 aromatic carbocycles. The second kappa shape index (κ2) is 7.73. The smallest absolute Gasteiger partial charge is 0.410 e. The van der Waals surface area contributed by atoms with Crippen molar-refractivity contribution in [1.82, 2.24) is 4.90 Å². The molecule has 2 rings (SSSR count). The molecule has 5 heteroatoms. The van der Waals surface area contributed by atoms with Gasteiger partial charge in [-0.15, -0.1) is 0 Å². The average molecular weight is 390 g/mol. The van der Waals surface area contributed by atoms with Gasteiger partial charge in [0.2, 0.25) is 0 Å². The number of ether oxygens (including phenoxy) is 2. The Labute approximate surface area is 149 Å². The fourth-order valence-electron chi connectivity index (χ4n) is 3.52. The van der Waals surface area contributed by atoms with E-state index in [4.69, 9.17) is 9.47 Å². The Morgan fingerprint density at radius 1 is 1.26 bits per heavy atom. The zero-order valence-corrected chi connectivity index (χ0v) is 16.7. The molecule has 0 bridgehead atoms. The number of piperidine rings is 1. The van der Waals surface area contributed by atoms with Crippen molar-refractivity contribution in [2.75, 3.05) is 18.4 Å². The molecule has 23 heavy (non-hydrogen) atoms. The molecule has 1 saturated heterocycles. The second-order valence-corrected chi connectivity index (χ2v) is 8.88. The Kier molecular flexibility index (Phi) is 6.40. The van der Waals surface area contributed by atoms with E-state index in [-0.39, 0.29) is 11.7 Å². The van der Waals surface area contributed by atoms with Crippen molar-refractivity contribution >= 4 is 22.0 Å². The normalized spacial score (nSPS) is 32.7. The number of nitrogens with zero attached hydrogens (tertiary/aromatic N) is 1. The highest BCUT2D eigenvalue weighted by molar-refractivity contribution is 9.09.